The van der Waals surface area contributed by atoms with Gasteiger partial charge in [-0.3, -0.25) is 4.90 Å². The Kier molecular flexibility index (Phi) is 5.27. The molecule has 112 valence electrons. The van der Waals surface area contributed by atoms with Gasteiger partial charge in [-0.2, -0.15) is 0 Å². The van der Waals surface area contributed by atoms with Crippen molar-refractivity contribution in [2.75, 3.05) is 33.2 Å². The van der Waals surface area contributed by atoms with Gasteiger partial charge in [0, 0.05) is 31.7 Å². The highest BCUT2D eigenvalue weighted by atomic mass is 15.3. The van der Waals surface area contributed by atoms with Crippen LogP contribution in [0.4, 0.5) is 0 Å². The molecule has 1 saturated heterocycles. The van der Waals surface area contributed by atoms with Crippen molar-refractivity contribution in [3.8, 4) is 0 Å². The molecule has 1 unspecified atom stereocenters. The zero-order valence-electron chi connectivity index (χ0n) is 13.2. The second-order valence-corrected chi connectivity index (χ2v) is 7.56. The summed E-state index contributed by atoms with van der Waals surface area (Å²) in [5.74, 6) is 0. The second kappa shape index (κ2) is 6.55. The molecule has 1 aliphatic heterocycles. The summed E-state index contributed by atoms with van der Waals surface area (Å²) in [7, 11) is 2.27. The van der Waals surface area contributed by atoms with E-state index in [4.69, 9.17) is 5.73 Å². The molecule has 0 spiro atoms. The van der Waals surface area contributed by atoms with Crippen LogP contribution in [0.25, 0.3) is 0 Å². The van der Waals surface area contributed by atoms with Gasteiger partial charge >= 0.3 is 0 Å². The first-order valence-corrected chi connectivity index (χ1v) is 8.16. The molecule has 0 aromatic rings. The molecule has 0 radical (unpaired) electrons. The third-order valence-electron chi connectivity index (χ3n) is 4.84. The van der Waals surface area contributed by atoms with E-state index >= 15 is 0 Å². The molecule has 3 nitrogen and oxygen atoms in total. The molecule has 1 saturated carbocycles. The number of nitrogens with zero attached hydrogens (tertiary/aromatic N) is 2. The van der Waals surface area contributed by atoms with Gasteiger partial charge in [0.25, 0.3) is 0 Å². The molecule has 1 atom stereocenters. The van der Waals surface area contributed by atoms with Crippen molar-refractivity contribution in [2.45, 2.75) is 64.5 Å². The molecule has 1 heterocycles. The maximum absolute atomic E-state index is 5.87. The topological polar surface area (TPSA) is 32.5 Å². The fourth-order valence-electron chi connectivity index (χ4n) is 4.22. The molecule has 2 aliphatic rings. The summed E-state index contributed by atoms with van der Waals surface area (Å²) < 4.78 is 0. The first kappa shape index (κ1) is 15.3. The molecule has 0 bridgehead atoms. The largest absolute Gasteiger partial charge is 0.330 e. The normalized spacial score (nSPS) is 31.3. The van der Waals surface area contributed by atoms with Crippen LogP contribution < -0.4 is 5.73 Å². The van der Waals surface area contributed by atoms with Crippen LogP contribution in [0, 0.1) is 5.41 Å². The molecular formula is C16H33N3. The maximum Gasteiger partial charge on any atom is 0.0238 e. The van der Waals surface area contributed by atoms with Crippen LogP contribution in [0.15, 0.2) is 0 Å². The number of hydrogen-bond donors (Lipinski definition) is 1. The average Bonchev–Trinajstić information content (AvgIpc) is 2.46. The van der Waals surface area contributed by atoms with E-state index in [0.29, 0.717) is 11.5 Å². The van der Waals surface area contributed by atoms with Gasteiger partial charge in [-0.25, -0.2) is 0 Å². The fraction of sp³-hybridized carbons (Fsp3) is 1.00. The summed E-state index contributed by atoms with van der Waals surface area (Å²) in [5.41, 5.74) is 6.27. The highest BCUT2D eigenvalue weighted by Crippen LogP contribution is 2.31. The Morgan fingerprint density at radius 2 is 1.79 bits per heavy atom. The Bertz CT molecular complexity index is 271. The predicted octanol–water partition coefficient (Wildman–Crippen LogP) is 2.31. The van der Waals surface area contributed by atoms with Gasteiger partial charge in [0.1, 0.15) is 0 Å². The Morgan fingerprint density at radius 3 is 2.42 bits per heavy atom. The fourth-order valence-corrected chi connectivity index (χ4v) is 4.22. The third-order valence-corrected chi connectivity index (χ3v) is 4.84. The number of hydrogen-bond acceptors (Lipinski definition) is 3. The quantitative estimate of drug-likeness (QED) is 0.852. The van der Waals surface area contributed by atoms with Crippen molar-refractivity contribution >= 4 is 0 Å². The smallest absolute Gasteiger partial charge is 0.0238 e. The van der Waals surface area contributed by atoms with Crippen LogP contribution >= 0.6 is 0 Å². The summed E-state index contributed by atoms with van der Waals surface area (Å²) in [6.07, 6.45) is 8.24. The van der Waals surface area contributed by atoms with Gasteiger partial charge in [-0.15, -0.1) is 0 Å². The first-order chi connectivity index (χ1) is 9.02. The van der Waals surface area contributed by atoms with E-state index in [1.54, 1.807) is 0 Å². The summed E-state index contributed by atoms with van der Waals surface area (Å²) >= 11 is 0. The highest BCUT2D eigenvalue weighted by Gasteiger charge is 2.36. The SMILES string of the molecule is CN1CC(CCN)N(C2CCCCC2)CC(C)(C)C1. The van der Waals surface area contributed by atoms with Gasteiger partial charge in [0.05, 0.1) is 0 Å². The molecule has 1 aliphatic carbocycles. The van der Waals surface area contributed by atoms with Crippen molar-refractivity contribution < 1.29 is 0 Å². The van der Waals surface area contributed by atoms with E-state index in [9.17, 15) is 0 Å². The van der Waals surface area contributed by atoms with E-state index in [2.05, 4.69) is 30.7 Å². The van der Waals surface area contributed by atoms with Crippen LogP contribution in [0.5, 0.6) is 0 Å². The molecule has 3 heteroatoms. The van der Waals surface area contributed by atoms with E-state index < -0.39 is 0 Å². The molecule has 2 N–H and O–H groups in total. The first-order valence-electron chi connectivity index (χ1n) is 8.16. The second-order valence-electron chi connectivity index (χ2n) is 7.56. The van der Waals surface area contributed by atoms with Crippen molar-refractivity contribution in [3.63, 3.8) is 0 Å². The average molecular weight is 267 g/mol. The minimum atomic E-state index is 0.398. The van der Waals surface area contributed by atoms with Crippen molar-refractivity contribution in [1.82, 2.24) is 9.80 Å². The maximum atomic E-state index is 5.87. The lowest BCUT2D eigenvalue weighted by Crippen LogP contribution is -2.49. The van der Waals surface area contributed by atoms with Gasteiger partial charge in [0.2, 0.25) is 0 Å². The Labute approximate surface area is 119 Å². The number of rotatable bonds is 3. The van der Waals surface area contributed by atoms with Crippen LogP contribution in [-0.4, -0.2) is 55.1 Å². The highest BCUT2D eigenvalue weighted by molar-refractivity contribution is 4.91. The van der Waals surface area contributed by atoms with Crippen molar-refractivity contribution in [1.29, 1.82) is 0 Å². The summed E-state index contributed by atoms with van der Waals surface area (Å²) in [6, 6.07) is 1.48. The minimum absolute atomic E-state index is 0.398. The molecule has 2 rings (SSSR count). The van der Waals surface area contributed by atoms with Crippen LogP contribution in [0.2, 0.25) is 0 Å². The number of nitrogens with two attached hydrogens (primary N) is 1. The zero-order chi connectivity index (χ0) is 13.9. The predicted molar refractivity (Wildman–Crippen MR) is 82.3 cm³/mol. The molecule has 0 amide bonds. The van der Waals surface area contributed by atoms with Gasteiger partial charge in [-0.05, 0) is 38.3 Å². The van der Waals surface area contributed by atoms with Crippen LogP contribution in [0.1, 0.15) is 52.4 Å². The summed E-state index contributed by atoms with van der Waals surface area (Å²) in [4.78, 5) is 5.35. The lowest BCUT2D eigenvalue weighted by atomic mass is 9.88. The lowest BCUT2D eigenvalue weighted by molar-refractivity contribution is 0.0769. The van der Waals surface area contributed by atoms with E-state index in [1.165, 1.54) is 51.7 Å². The minimum Gasteiger partial charge on any atom is -0.330 e. The number of likely N-dealkylation sites (N-methyl/N-ethyl adjacent to an activating group) is 1. The summed E-state index contributed by atoms with van der Waals surface area (Å²) in [5, 5.41) is 0. The van der Waals surface area contributed by atoms with Crippen molar-refractivity contribution in [3.05, 3.63) is 0 Å². The molecule has 0 aromatic carbocycles. The molecule has 0 aromatic heterocycles. The van der Waals surface area contributed by atoms with Gasteiger partial charge in [-0.1, -0.05) is 33.1 Å². The Balaban J connectivity index is 2.12. The zero-order valence-corrected chi connectivity index (χ0v) is 13.2. The lowest BCUT2D eigenvalue weighted by Gasteiger charge is -2.41. The van der Waals surface area contributed by atoms with E-state index in [-0.39, 0.29) is 0 Å². The molecule has 2 fully saturated rings. The van der Waals surface area contributed by atoms with Crippen molar-refractivity contribution in [2.24, 2.45) is 11.1 Å². The van der Waals surface area contributed by atoms with Gasteiger partial charge < -0.3 is 10.6 Å². The molecule has 19 heavy (non-hydrogen) atoms. The standard InChI is InChI=1S/C16H33N3/c1-16(2)12-18(3)11-15(9-10-17)19(13-16)14-7-5-4-6-8-14/h14-15H,4-13,17H2,1-3H3. The summed E-state index contributed by atoms with van der Waals surface area (Å²) in [6.45, 7) is 9.30. The van der Waals surface area contributed by atoms with E-state index in [1.807, 2.05) is 0 Å². The monoisotopic (exact) mass is 267 g/mol. The Morgan fingerprint density at radius 1 is 1.11 bits per heavy atom. The van der Waals surface area contributed by atoms with Gasteiger partial charge in [0.15, 0.2) is 0 Å². The van der Waals surface area contributed by atoms with Crippen LogP contribution in [-0.2, 0) is 0 Å². The van der Waals surface area contributed by atoms with Crippen LogP contribution in [0.3, 0.4) is 0 Å². The molecular weight excluding hydrogens is 234 g/mol. The Hall–Kier alpha value is -0.120. The van der Waals surface area contributed by atoms with E-state index in [0.717, 1.165) is 19.0 Å². The third kappa shape index (κ3) is 4.17.